The van der Waals surface area contributed by atoms with E-state index < -0.39 is 5.97 Å². The molecule has 0 aliphatic rings. The van der Waals surface area contributed by atoms with Crippen LogP contribution in [0.4, 0.5) is 5.69 Å². The lowest BCUT2D eigenvalue weighted by Gasteiger charge is -2.20. The Morgan fingerprint density at radius 3 is 2.25 bits per heavy atom. The molecule has 0 saturated heterocycles. The number of hydrogen-bond donors (Lipinski definition) is 2. The van der Waals surface area contributed by atoms with Crippen molar-refractivity contribution in [3.05, 3.63) is 65.4 Å². The highest BCUT2D eigenvalue weighted by Crippen LogP contribution is 2.32. The maximum atomic E-state index is 12.5. The summed E-state index contributed by atoms with van der Waals surface area (Å²) in [5, 5.41) is 3.73. The van der Waals surface area contributed by atoms with Gasteiger partial charge in [-0.05, 0) is 29.0 Å². The maximum absolute atomic E-state index is 12.5. The first kappa shape index (κ1) is 19.7. The number of para-hydroxylation sites is 2. The van der Waals surface area contributed by atoms with Gasteiger partial charge in [-0.1, -0.05) is 64.1 Å². The van der Waals surface area contributed by atoms with E-state index in [2.05, 4.69) is 38.0 Å². The summed E-state index contributed by atoms with van der Waals surface area (Å²) < 4.78 is 5.26. The van der Waals surface area contributed by atoms with Gasteiger partial charge in [0, 0.05) is 22.8 Å². The second-order valence-corrected chi connectivity index (χ2v) is 7.49. The third kappa shape index (κ3) is 4.09. The van der Waals surface area contributed by atoms with Crippen LogP contribution in [0.2, 0.25) is 0 Å². The number of aromatic amines is 1. The number of carbonyl (C=O) groups excluding carboxylic acids is 2. The van der Waals surface area contributed by atoms with Crippen molar-refractivity contribution in [1.29, 1.82) is 0 Å². The Hall–Kier alpha value is -3.08. The first-order chi connectivity index (χ1) is 13.4. The van der Waals surface area contributed by atoms with Gasteiger partial charge < -0.3 is 15.0 Å². The van der Waals surface area contributed by atoms with Gasteiger partial charge >= 0.3 is 5.97 Å². The fourth-order valence-corrected chi connectivity index (χ4v) is 3.32. The average molecular weight is 378 g/mol. The van der Waals surface area contributed by atoms with Crippen LogP contribution in [-0.2, 0) is 9.53 Å². The van der Waals surface area contributed by atoms with Gasteiger partial charge in [-0.25, -0.2) is 4.79 Å². The summed E-state index contributed by atoms with van der Waals surface area (Å²) in [7, 11) is 0. The van der Waals surface area contributed by atoms with Crippen LogP contribution < -0.4 is 5.32 Å². The monoisotopic (exact) mass is 378 g/mol. The normalized spacial score (nSPS) is 11.2. The Morgan fingerprint density at radius 2 is 1.61 bits per heavy atom. The number of hydrogen-bond acceptors (Lipinski definition) is 3. The lowest BCUT2D eigenvalue weighted by Crippen LogP contribution is -2.22. The summed E-state index contributed by atoms with van der Waals surface area (Å²) in [4.78, 5) is 27.9. The molecular weight excluding hydrogens is 352 g/mol. The Kier molecular flexibility index (Phi) is 5.83. The van der Waals surface area contributed by atoms with Crippen molar-refractivity contribution >= 4 is 28.5 Å². The van der Waals surface area contributed by atoms with Crippen molar-refractivity contribution in [3.8, 4) is 0 Å². The van der Waals surface area contributed by atoms with Crippen LogP contribution in [0, 0.1) is 0 Å². The average Bonchev–Trinajstić information content (AvgIpc) is 3.10. The van der Waals surface area contributed by atoms with Crippen molar-refractivity contribution in [1.82, 2.24) is 4.98 Å². The molecule has 3 aromatic rings. The first-order valence-corrected chi connectivity index (χ1v) is 9.54. The number of nitrogens with one attached hydrogen (secondary N) is 2. The molecule has 1 amide bonds. The van der Waals surface area contributed by atoms with E-state index in [9.17, 15) is 9.59 Å². The van der Waals surface area contributed by atoms with Gasteiger partial charge in [0.15, 0.2) is 6.61 Å². The van der Waals surface area contributed by atoms with Gasteiger partial charge in [0.05, 0.1) is 5.56 Å². The zero-order valence-corrected chi connectivity index (χ0v) is 16.7. The molecule has 0 atom stereocenters. The lowest BCUT2D eigenvalue weighted by molar-refractivity contribution is -0.119. The van der Waals surface area contributed by atoms with E-state index in [-0.39, 0.29) is 24.3 Å². The number of amides is 1. The standard InChI is InChI=1S/C23H26N2O3/c1-14(2)16-9-7-10-17(15(3)4)22(16)25-21(26)13-28-23(27)19-12-24-20-11-6-5-8-18(19)20/h5-12,14-15,24H,13H2,1-4H3,(H,25,26). The van der Waals surface area contributed by atoms with Gasteiger partial charge in [0.1, 0.15) is 0 Å². The molecule has 1 aromatic heterocycles. The number of carbonyl (C=O) groups is 2. The fourth-order valence-electron chi connectivity index (χ4n) is 3.32. The summed E-state index contributed by atoms with van der Waals surface area (Å²) in [6, 6.07) is 13.5. The number of benzene rings is 2. The minimum absolute atomic E-state index is 0.266. The van der Waals surface area contributed by atoms with Crippen LogP contribution in [0.15, 0.2) is 48.7 Å². The maximum Gasteiger partial charge on any atom is 0.340 e. The van der Waals surface area contributed by atoms with E-state index in [1.807, 2.05) is 42.5 Å². The molecule has 0 fully saturated rings. The van der Waals surface area contributed by atoms with Crippen molar-refractivity contribution in [3.63, 3.8) is 0 Å². The number of esters is 1. The first-order valence-electron chi connectivity index (χ1n) is 9.54. The van der Waals surface area contributed by atoms with Crippen LogP contribution in [0.3, 0.4) is 0 Å². The molecule has 2 N–H and O–H groups in total. The third-order valence-electron chi connectivity index (χ3n) is 4.78. The molecule has 146 valence electrons. The Balaban J connectivity index is 1.72. The summed E-state index contributed by atoms with van der Waals surface area (Å²) in [6.45, 7) is 8.03. The van der Waals surface area contributed by atoms with Crippen LogP contribution in [-0.4, -0.2) is 23.5 Å². The zero-order chi connectivity index (χ0) is 20.3. The van der Waals surface area contributed by atoms with Gasteiger partial charge in [-0.3, -0.25) is 4.79 Å². The van der Waals surface area contributed by atoms with Crippen molar-refractivity contribution in [2.75, 3.05) is 11.9 Å². The molecule has 0 aliphatic heterocycles. The molecule has 2 aromatic carbocycles. The number of fused-ring (bicyclic) bond motifs is 1. The second kappa shape index (κ2) is 8.30. The van der Waals surface area contributed by atoms with Crippen molar-refractivity contribution < 1.29 is 14.3 Å². The molecule has 0 spiro atoms. The Labute approximate surface area is 165 Å². The topological polar surface area (TPSA) is 71.2 Å². The fraction of sp³-hybridized carbons (Fsp3) is 0.304. The SMILES string of the molecule is CC(C)c1cccc(C(C)C)c1NC(=O)COC(=O)c1c[nH]c2ccccc12. The highest BCUT2D eigenvalue weighted by Gasteiger charge is 2.18. The number of aromatic nitrogens is 1. The van der Waals surface area contributed by atoms with Crippen LogP contribution in [0.25, 0.3) is 10.9 Å². The van der Waals surface area contributed by atoms with Crippen molar-refractivity contribution in [2.45, 2.75) is 39.5 Å². The summed E-state index contributed by atoms with van der Waals surface area (Å²) >= 11 is 0. The lowest BCUT2D eigenvalue weighted by atomic mass is 9.92. The Bertz CT molecular complexity index is 976. The molecule has 0 unspecified atom stereocenters. The summed E-state index contributed by atoms with van der Waals surface area (Å²) in [5.41, 5.74) is 4.24. The number of anilines is 1. The predicted molar refractivity (Wildman–Crippen MR) is 112 cm³/mol. The highest BCUT2D eigenvalue weighted by molar-refractivity contribution is 6.05. The molecular formula is C23H26N2O3. The van der Waals surface area contributed by atoms with E-state index in [1.165, 1.54) is 0 Å². The Morgan fingerprint density at radius 1 is 0.964 bits per heavy atom. The zero-order valence-electron chi connectivity index (χ0n) is 16.7. The largest absolute Gasteiger partial charge is 0.452 e. The molecule has 5 heteroatoms. The molecule has 1 heterocycles. The molecule has 5 nitrogen and oxygen atoms in total. The molecule has 3 rings (SSSR count). The highest BCUT2D eigenvalue weighted by atomic mass is 16.5. The third-order valence-corrected chi connectivity index (χ3v) is 4.78. The summed E-state index contributed by atoms with van der Waals surface area (Å²) in [6.07, 6.45) is 1.61. The van der Waals surface area contributed by atoms with Crippen LogP contribution in [0.5, 0.6) is 0 Å². The van der Waals surface area contributed by atoms with E-state index in [4.69, 9.17) is 4.74 Å². The van der Waals surface area contributed by atoms with Gasteiger partial charge in [0.25, 0.3) is 5.91 Å². The second-order valence-electron chi connectivity index (χ2n) is 7.49. The van der Waals surface area contributed by atoms with E-state index in [0.717, 1.165) is 27.7 Å². The quantitative estimate of drug-likeness (QED) is 0.578. The number of ether oxygens (including phenoxy) is 1. The minimum Gasteiger partial charge on any atom is -0.452 e. The predicted octanol–water partition coefficient (Wildman–Crippen LogP) is 5.21. The molecule has 0 radical (unpaired) electrons. The minimum atomic E-state index is -0.520. The van der Waals surface area contributed by atoms with Gasteiger partial charge in [-0.2, -0.15) is 0 Å². The van der Waals surface area contributed by atoms with E-state index >= 15 is 0 Å². The number of H-pyrrole nitrogens is 1. The van der Waals surface area contributed by atoms with E-state index in [0.29, 0.717) is 5.56 Å². The van der Waals surface area contributed by atoms with Crippen LogP contribution in [0.1, 0.15) is 61.0 Å². The van der Waals surface area contributed by atoms with E-state index in [1.54, 1.807) is 6.20 Å². The molecule has 28 heavy (non-hydrogen) atoms. The number of rotatable bonds is 6. The molecule has 0 bridgehead atoms. The van der Waals surface area contributed by atoms with Crippen molar-refractivity contribution in [2.24, 2.45) is 0 Å². The summed E-state index contributed by atoms with van der Waals surface area (Å²) in [5.74, 6) is -0.331. The van der Waals surface area contributed by atoms with Gasteiger partial charge in [0.2, 0.25) is 0 Å². The smallest absolute Gasteiger partial charge is 0.340 e. The molecule has 0 saturated carbocycles. The molecule has 0 aliphatic carbocycles. The van der Waals surface area contributed by atoms with Crippen LogP contribution >= 0.6 is 0 Å². The van der Waals surface area contributed by atoms with Gasteiger partial charge in [-0.15, -0.1) is 0 Å².